The van der Waals surface area contributed by atoms with Crippen molar-refractivity contribution in [3.63, 3.8) is 0 Å². The van der Waals surface area contributed by atoms with E-state index in [9.17, 15) is 9.59 Å². The Kier molecular flexibility index (Phi) is 4.73. The van der Waals surface area contributed by atoms with Crippen LogP contribution in [-0.4, -0.2) is 24.6 Å². The molecule has 1 rings (SSSR count). The highest BCUT2D eigenvalue weighted by molar-refractivity contribution is 8.04. The molecule has 0 amide bonds. The Morgan fingerprint density at radius 1 is 1.64 bits per heavy atom. The summed E-state index contributed by atoms with van der Waals surface area (Å²) in [4.78, 5) is 22.8. The minimum atomic E-state index is -0.183. The van der Waals surface area contributed by atoms with Gasteiger partial charge in [-0.25, -0.2) is 0 Å². The van der Waals surface area contributed by atoms with E-state index in [1.807, 2.05) is 6.08 Å². The topological polar surface area (TPSA) is 43.4 Å². The number of carbonyl (C=O) groups is 2. The van der Waals surface area contributed by atoms with E-state index in [1.54, 1.807) is 11.8 Å². The van der Waals surface area contributed by atoms with Gasteiger partial charge < -0.3 is 4.74 Å². The van der Waals surface area contributed by atoms with Crippen LogP contribution < -0.4 is 0 Å². The highest BCUT2D eigenvalue weighted by Gasteiger charge is 2.14. The van der Waals surface area contributed by atoms with Crippen molar-refractivity contribution in [2.24, 2.45) is 0 Å². The number of methoxy groups -OCH3 is 1. The molecule has 0 fully saturated rings. The van der Waals surface area contributed by atoms with Crippen LogP contribution in [0.3, 0.4) is 0 Å². The largest absolute Gasteiger partial charge is 0.469 e. The van der Waals surface area contributed by atoms with Crippen LogP contribution in [0.4, 0.5) is 0 Å². The van der Waals surface area contributed by atoms with E-state index in [1.165, 1.54) is 7.11 Å². The fraction of sp³-hybridized carbons (Fsp3) is 0.600. The summed E-state index contributed by atoms with van der Waals surface area (Å²) in [5, 5.41) is 0. The maximum atomic E-state index is 11.2. The Balaban J connectivity index is 2.10. The number of hydrogen-bond acceptors (Lipinski definition) is 4. The molecule has 0 saturated heterocycles. The molecule has 0 atom stereocenters. The van der Waals surface area contributed by atoms with Crippen molar-refractivity contribution in [3.8, 4) is 0 Å². The summed E-state index contributed by atoms with van der Waals surface area (Å²) in [5.74, 6) is 0.873. The van der Waals surface area contributed by atoms with Crippen molar-refractivity contribution < 1.29 is 14.3 Å². The van der Waals surface area contributed by atoms with Gasteiger partial charge in [-0.1, -0.05) is 6.08 Å². The van der Waals surface area contributed by atoms with E-state index < -0.39 is 0 Å². The van der Waals surface area contributed by atoms with Crippen molar-refractivity contribution in [3.05, 3.63) is 11.0 Å². The molecule has 4 heteroatoms. The number of ether oxygens (including phenoxy) is 1. The number of Topliss-reactive ketones (excluding diaryl/α,β-unsaturated/α-hetero) is 1. The van der Waals surface area contributed by atoms with Crippen LogP contribution in [0, 0.1) is 0 Å². The Morgan fingerprint density at radius 3 is 3.00 bits per heavy atom. The average Bonchev–Trinajstić information content (AvgIpc) is 2.58. The fourth-order valence-corrected chi connectivity index (χ4v) is 2.22. The highest BCUT2D eigenvalue weighted by atomic mass is 32.2. The van der Waals surface area contributed by atoms with Crippen LogP contribution in [0.2, 0.25) is 0 Å². The molecule has 0 aromatic heterocycles. The van der Waals surface area contributed by atoms with Crippen LogP contribution >= 0.6 is 11.8 Å². The van der Waals surface area contributed by atoms with E-state index in [-0.39, 0.29) is 11.8 Å². The van der Waals surface area contributed by atoms with Crippen molar-refractivity contribution in [2.45, 2.75) is 25.7 Å². The van der Waals surface area contributed by atoms with Crippen molar-refractivity contribution in [2.75, 3.05) is 12.9 Å². The summed E-state index contributed by atoms with van der Waals surface area (Å²) >= 11 is 1.55. The molecular weight excluding hydrogens is 200 g/mol. The van der Waals surface area contributed by atoms with Crippen molar-refractivity contribution in [1.29, 1.82) is 0 Å². The van der Waals surface area contributed by atoms with Crippen LogP contribution in [0.5, 0.6) is 0 Å². The lowest BCUT2D eigenvalue weighted by atomic mass is 10.3. The van der Waals surface area contributed by atoms with Gasteiger partial charge in [0.1, 0.15) is 0 Å². The van der Waals surface area contributed by atoms with Gasteiger partial charge >= 0.3 is 5.97 Å². The fourth-order valence-electron chi connectivity index (χ4n) is 1.21. The van der Waals surface area contributed by atoms with E-state index >= 15 is 0 Å². The Hall–Kier alpha value is -0.770. The highest BCUT2D eigenvalue weighted by Crippen LogP contribution is 2.25. The van der Waals surface area contributed by atoms with Crippen molar-refractivity contribution in [1.82, 2.24) is 0 Å². The predicted octanol–water partition coefficient (Wildman–Crippen LogP) is 1.92. The van der Waals surface area contributed by atoms with Gasteiger partial charge in [0, 0.05) is 17.7 Å². The molecule has 0 radical (unpaired) electrons. The summed E-state index contributed by atoms with van der Waals surface area (Å²) in [6.45, 7) is 0. The number of carbonyl (C=O) groups excluding carboxylic acids is 2. The molecule has 0 aliphatic heterocycles. The van der Waals surface area contributed by atoms with Crippen LogP contribution in [-0.2, 0) is 14.3 Å². The molecule has 1 aliphatic rings. The van der Waals surface area contributed by atoms with Crippen LogP contribution in [0.1, 0.15) is 25.7 Å². The number of thioether (sulfide) groups is 1. The molecule has 78 valence electrons. The summed E-state index contributed by atoms with van der Waals surface area (Å²) in [6, 6.07) is 0. The molecule has 3 nitrogen and oxygen atoms in total. The first-order chi connectivity index (χ1) is 6.74. The second-order valence-corrected chi connectivity index (χ2v) is 4.20. The lowest BCUT2D eigenvalue weighted by molar-refractivity contribution is -0.140. The lowest BCUT2D eigenvalue weighted by Gasteiger charge is -2.00. The minimum absolute atomic E-state index is 0.183. The quantitative estimate of drug-likeness (QED) is 0.518. The molecule has 0 aromatic rings. The second kappa shape index (κ2) is 5.86. The Bertz CT molecular complexity index is 258. The van der Waals surface area contributed by atoms with E-state index in [0.29, 0.717) is 12.8 Å². The molecular formula is C10H14O3S. The van der Waals surface area contributed by atoms with Gasteiger partial charge in [-0.2, -0.15) is 0 Å². The molecule has 0 saturated carbocycles. The third-order valence-electron chi connectivity index (χ3n) is 1.99. The lowest BCUT2D eigenvalue weighted by Crippen LogP contribution is -2.00. The standard InChI is InChI=1S/C10H14O3S/c1-13-10(12)6-3-7-14-9-5-2-4-8(9)11/h5H,2-4,6-7H2,1H3. The first-order valence-electron chi connectivity index (χ1n) is 4.67. The van der Waals surface area contributed by atoms with Gasteiger partial charge in [0.2, 0.25) is 0 Å². The Labute approximate surface area is 87.9 Å². The van der Waals surface area contributed by atoms with Crippen LogP contribution in [0.15, 0.2) is 11.0 Å². The van der Waals surface area contributed by atoms with Gasteiger partial charge in [0.05, 0.1) is 7.11 Å². The van der Waals surface area contributed by atoms with Crippen molar-refractivity contribution >= 4 is 23.5 Å². The van der Waals surface area contributed by atoms with Gasteiger partial charge in [0.25, 0.3) is 0 Å². The number of ketones is 1. The third kappa shape index (κ3) is 3.54. The first-order valence-corrected chi connectivity index (χ1v) is 5.65. The molecule has 14 heavy (non-hydrogen) atoms. The molecule has 0 aromatic carbocycles. The number of esters is 1. The molecule has 0 unspecified atom stereocenters. The summed E-state index contributed by atoms with van der Waals surface area (Å²) < 4.78 is 4.51. The summed E-state index contributed by atoms with van der Waals surface area (Å²) in [5.41, 5.74) is 0. The van der Waals surface area contributed by atoms with E-state index in [0.717, 1.165) is 23.5 Å². The van der Waals surface area contributed by atoms with Gasteiger partial charge in [-0.15, -0.1) is 11.8 Å². The summed E-state index contributed by atoms with van der Waals surface area (Å²) in [7, 11) is 1.39. The average molecular weight is 214 g/mol. The van der Waals surface area contributed by atoms with E-state index in [2.05, 4.69) is 4.74 Å². The third-order valence-corrected chi connectivity index (χ3v) is 3.18. The predicted molar refractivity (Wildman–Crippen MR) is 56.0 cm³/mol. The first kappa shape index (κ1) is 11.3. The molecule has 0 bridgehead atoms. The smallest absolute Gasteiger partial charge is 0.305 e. The number of rotatable bonds is 5. The maximum Gasteiger partial charge on any atom is 0.305 e. The number of allylic oxidation sites excluding steroid dienone is 2. The maximum absolute atomic E-state index is 11.2. The Morgan fingerprint density at radius 2 is 2.43 bits per heavy atom. The van der Waals surface area contributed by atoms with Crippen LogP contribution in [0.25, 0.3) is 0 Å². The number of hydrogen-bond donors (Lipinski definition) is 0. The SMILES string of the molecule is COC(=O)CCCSC1=CCCC1=O. The second-order valence-electron chi connectivity index (χ2n) is 3.06. The molecule has 0 N–H and O–H groups in total. The van der Waals surface area contributed by atoms with E-state index in [4.69, 9.17) is 0 Å². The van der Waals surface area contributed by atoms with Gasteiger partial charge in [0.15, 0.2) is 5.78 Å². The zero-order valence-electron chi connectivity index (χ0n) is 8.25. The molecule has 0 spiro atoms. The monoisotopic (exact) mass is 214 g/mol. The summed E-state index contributed by atoms with van der Waals surface area (Å²) in [6.07, 6.45) is 4.70. The normalized spacial score (nSPS) is 15.5. The zero-order chi connectivity index (χ0) is 10.4. The van der Waals surface area contributed by atoms with Gasteiger partial charge in [-0.3, -0.25) is 9.59 Å². The zero-order valence-corrected chi connectivity index (χ0v) is 9.06. The molecule has 1 aliphatic carbocycles. The van der Waals surface area contributed by atoms with Gasteiger partial charge in [-0.05, 0) is 18.6 Å². The molecule has 0 heterocycles. The minimum Gasteiger partial charge on any atom is -0.469 e.